The Bertz CT molecular complexity index is 564. The van der Waals surface area contributed by atoms with Crippen LogP contribution in [-0.2, 0) is 9.59 Å². The van der Waals surface area contributed by atoms with E-state index in [9.17, 15) is 18.8 Å². The molecular weight excluding hydrogens is 285 g/mol. The van der Waals surface area contributed by atoms with E-state index in [0.29, 0.717) is 0 Å². The fraction of sp³-hybridized carbons (Fsp3) is 0.250. The molecule has 0 saturated heterocycles. The van der Waals surface area contributed by atoms with E-state index in [4.69, 9.17) is 15.6 Å². The SMILES string of the molecule is COc1ccc(NC(=O)N[C@H](CC(N)=O)C(=O)O)cc1F. The van der Waals surface area contributed by atoms with E-state index in [-0.39, 0.29) is 11.4 Å². The quantitative estimate of drug-likeness (QED) is 0.599. The Labute approximate surface area is 119 Å². The number of hydrogen-bond acceptors (Lipinski definition) is 4. The Morgan fingerprint density at radius 2 is 2.10 bits per heavy atom. The molecule has 0 unspecified atom stereocenters. The molecule has 5 N–H and O–H groups in total. The average molecular weight is 299 g/mol. The van der Waals surface area contributed by atoms with Gasteiger partial charge in [-0.05, 0) is 12.1 Å². The second-order valence-electron chi connectivity index (χ2n) is 4.01. The third-order valence-electron chi connectivity index (χ3n) is 2.42. The summed E-state index contributed by atoms with van der Waals surface area (Å²) in [5.41, 5.74) is 4.97. The van der Waals surface area contributed by atoms with Crippen molar-refractivity contribution in [2.24, 2.45) is 5.73 Å². The van der Waals surface area contributed by atoms with Crippen LogP contribution in [0.5, 0.6) is 5.75 Å². The molecule has 0 aliphatic rings. The number of carboxylic acid groups (broad SMARTS) is 1. The highest BCUT2D eigenvalue weighted by Crippen LogP contribution is 2.20. The number of urea groups is 1. The van der Waals surface area contributed by atoms with Crippen molar-refractivity contribution in [3.8, 4) is 5.75 Å². The zero-order valence-electron chi connectivity index (χ0n) is 11.1. The van der Waals surface area contributed by atoms with Gasteiger partial charge in [-0.2, -0.15) is 0 Å². The summed E-state index contributed by atoms with van der Waals surface area (Å²) in [4.78, 5) is 33.1. The molecular formula is C12H14FN3O5. The number of nitrogens with two attached hydrogens (primary N) is 1. The number of nitrogens with one attached hydrogen (secondary N) is 2. The minimum absolute atomic E-state index is 0.00176. The number of carboxylic acids is 1. The fourth-order valence-electron chi connectivity index (χ4n) is 1.47. The van der Waals surface area contributed by atoms with Crippen molar-refractivity contribution in [3.05, 3.63) is 24.0 Å². The van der Waals surface area contributed by atoms with Crippen LogP contribution >= 0.6 is 0 Å². The maximum Gasteiger partial charge on any atom is 0.326 e. The van der Waals surface area contributed by atoms with Crippen LogP contribution in [0.25, 0.3) is 0 Å². The van der Waals surface area contributed by atoms with Crippen molar-refractivity contribution in [1.29, 1.82) is 0 Å². The number of hydrogen-bond donors (Lipinski definition) is 4. The zero-order valence-corrected chi connectivity index (χ0v) is 11.1. The first-order chi connectivity index (χ1) is 9.83. The molecule has 0 aliphatic heterocycles. The van der Waals surface area contributed by atoms with Crippen LogP contribution in [0.2, 0.25) is 0 Å². The summed E-state index contributed by atoms with van der Waals surface area (Å²) in [7, 11) is 1.29. The van der Waals surface area contributed by atoms with Gasteiger partial charge >= 0.3 is 12.0 Å². The molecule has 1 rings (SSSR count). The third-order valence-corrected chi connectivity index (χ3v) is 2.42. The van der Waals surface area contributed by atoms with Crippen molar-refractivity contribution in [1.82, 2.24) is 5.32 Å². The Balaban J connectivity index is 2.69. The maximum absolute atomic E-state index is 13.4. The lowest BCUT2D eigenvalue weighted by molar-refractivity contribution is -0.140. The number of rotatable bonds is 6. The minimum Gasteiger partial charge on any atom is -0.494 e. The van der Waals surface area contributed by atoms with E-state index in [1.54, 1.807) is 0 Å². The number of carbonyl (C=O) groups excluding carboxylic acids is 2. The van der Waals surface area contributed by atoms with Crippen molar-refractivity contribution in [2.45, 2.75) is 12.5 Å². The van der Waals surface area contributed by atoms with Crippen LogP contribution in [0.4, 0.5) is 14.9 Å². The van der Waals surface area contributed by atoms with Crippen LogP contribution in [0.1, 0.15) is 6.42 Å². The van der Waals surface area contributed by atoms with Crippen LogP contribution in [-0.4, -0.2) is 36.2 Å². The largest absolute Gasteiger partial charge is 0.494 e. The second kappa shape index (κ2) is 7.08. The van der Waals surface area contributed by atoms with Crippen molar-refractivity contribution in [3.63, 3.8) is 0 Å². The molecule has 0 fully saturated rings. The number of halogens is 1. The van der Waals surface area contributed by atoms with Gasteiger partial charge in [-0.3, -0.25) is 4.79 Å². The van der Waals surface area contributed by atoms with Gasteiger partial charge in [0.1, 0.15) is 6.04 Å². The number of methoxy groups -OCH3 is 1. The number of aliphatic carboxylic acids is 1. The molecule has 0 heterocycles. The first-order valence-corrected chi connectivity index (χ1v) is 5.75. The van der Waals surface area contributed by atoms with Crippen LogP contribution in [0, 0.1) is 5.82 Å². The molecule has 21 heavy (non-hydrogen) atoms. The van der Waals surface area contributed by atoms with E-state index in [1.807, 2.05) is 5.32 Å². The lowest BCUT2D eigenvalue weighted by Gasteiger charge is -2.14. The first-order valence-electron chi connectivity index (χ1n) is 5.75. The Kier molecular flexibility index (Phi) is 5.47. The van der Waals surface area contributed by atoms with Gasteiger partial charge in [0.2, 0.25) is 5.91 Å². The zero-order chi connectivity index (χ0) is 16.0. The number of primary amides is 1. The van der Waals surface area contributed by atoms with Gasteiger partial charge in [-0.15, -0.1) is 0 Å². The Morgan fingerprint density at radius 3 is 2.57 bits per heavy atom. The average Bonchev–Trinajstić information content (AvgIpc) is 2.37. The van der Waals surface area contributed by atoms with Gasteiger partial charge in [0.05, 0.1) is 13.5 Å². The van der Waals surface area contributed by atoms with Crippen molar-refractivity contribution in [2.75, 3.05) is 12.4 Å². The molecule has 114 valence electrons. The summed E-state index contributed by atoms with van der Waals surface area (Å²) in [5, 5.41) is 13.1. The van der Waals surface area contributed by atoms with Gasteiger partial charge < -0.3 is 26.2 Å². The van der Waals surface area contributed by atoms with E-state index >= 15 is 0 Å². The van der Waals surface area contributed by atoms with Gasteiger partial charge in [0.25, 0.3) is 0 Å². The van der Waals surface area contributed by atoms with E-state index < -0.39 is 36.2 Å². The molecule has 1 aromatic rings. The van der Waals surface area contributed by atoms with Gasteiger partial charge in [-0.1, -0.05) is 0 Å². The topological polar surface area (TPSA) is 131 Å². The molecule has 0 radical (unpaired) electrons. The van der Waals surface area contributed by atoms with Crippen LogP contribution in [0.3, 0.4) is 0 Å². The smallest absolute Gasteiger partial charge is 0.326 e. The lowest BCUT2D eigenvalue weighted by atomic mass is 10.2. The normalized spacial score (nSPS) is 11.3. The van der Waals surface area contributed by atoms with E-state index in [1.165, 1.54) is 19.2 Å². The first kappa shape index (κ1) is 16.2. The highest BCUT2D eigenvalue weighted by atomic mass is 19.1. The summed E-state index contributed by atoms with van der Waals surface area (Å²) in [5.74, 6) is -2.98. The summed E-state index contributed by atoms with van der Waals surface area (Å²) in [6.45, 7) is 0. The standard InChI is InChI=1S/C12H14FN3O5/c1-21-9-3-2-6(4-7(9)13)15-12(20)16-8(11(18)19)5-10(14)17/h2-4,8H,5H2,1H3,(H2,14,17)(H,18,19)(H2,15,16,20)/t8-/m1/s1. The number of carbonyl (C=O) groups is 3. The number of amides is 3. The summed E-state index contributed by atoms with van der Waals surface area (Å²) in [6, 6.07) is 1.29. The molecule has 0 saturated carbocycles. The summed E-state index contributed by atoms with van der Waals surface area (Å²) in [6.07, 6.45) is -0.556. The Morgan fingerprint density at radius 1 is 1.43 bits per heavy atom. The van der Waals surface area contributed by atoms with Crippen LogP contribution < -0.4 is 21.1 Å². The summed E-state index contributed by atoms with van der Waals surface area (Å²) >= 11 is 0. The predicted molar refractivity (Wildman–Crippen MR) is 70.3 cm³/mol. The molecule has 0 bridgehead atoms. The van der Waals surface area contributed by atoms with Gasteiger partial charge in [0, 0.05) is 11.8 Å². The van der Waals surface area contributed by atoms with Gasteiger partial charge in [-0.25, -0.2) is 14.0 Å². The second-order valence-corrected chi connectivity index (χ2v) is 4.01. The van der Waals surface area contributed by atoms with Crippen molar-refractivity contribution < 1.29 is 28.6 Å². The highest BCUT2D eigenvalue weighted by molar-refractivity contribution is 5.93. The van der Waals surface area contributed by atoms with E-state index in [2.05, 4.69) is 5.32 Å². The minimum atomic E-state index is -1.47. The molecule has 1 aromatic carbocycles. The monoisotopic (exact) mass is 299 g/mol. The number of anilines is 1. The third kappa shape index (κ3) is 4.97. The molecule has 0 aromatic heterocycles. The molecule has 9 heteroatoms. The predicted octanol–water partition coefficient (Wildman–Crippen LogP) is 0.284. The van der Waals surface area contributed by atoms with Crippen LogP contribution in [0.15, 0.2) is 18.2 Å². The highest BCUT2D eigenvalue weighted by Gasteiger charge is 2.22. The molecule has 3 amide bonds. The van der Waals surface area contributed by atoms with E-state index in [0.717, 1.165) is 6.07 Å². The van der Waals surface area contributed by atoms with Gasteiger partial charge in [0.15, 0.2) is 11.6 Å². The Hall–Kier alpha value is -2.84. The molecule has 8 nitrogen and oxygen atoms in total. The molecule has 0 aliphatic carbocycles. The van der Waals surface area contributed by atoms with Crippen molar-refractivity contribution >= 4 is 23.6 Å². The molecule has 0 spiro atoms. The maximum atomic E-state index is 13.4. The fourth-order valence-corrected chi connectivity index (χ4v) is 1.47. The molecule has 1 atom stereocenters. The number of benzene rings is 1. The lowest BCUT2D eigenvalue weighted by Crippen LogP contribution is -2.45. The summed E-state index contributed by atoms with van der Waals surface area (Å²) < 4.78 is 18.1. The number of ether oxygens (including phenoxy) is 1.